The highest BCUT2D eigenvalue weighted by Gasteiger charge is 2.15. The first-order chi connectivity index (χ1) is 8.20. The van der Waals surface area contributed by atoms with Gasteiger partial charge in [0.15, 0.2) is 0 Å². The van der Waals surface area contributed by atoms with Crippen molar-refractivity contribution < 1.29 is 9.90 Å². The molecule has 0 saturated heterocycles. The van der Waals surface area contributed by atoms with Gasteiger partial charge in [-0.15, -0.1) is 11.3 Å². The fourth-order valence-electron chi connectivity index (χ4n) is 1.38. The van der Waals surface area contributed by atoms with E-state index in [1.165, 1.54) is 11.3 Å². The van der Waals surface area contributed by atoms with Crippen LogP contribution in [0.5, 0.6) is 0 Å². The van der Waals surface area contributed by atoms with Crippen LogP contribution in [0.15, 0.2) is 11.4 Å². The lowest BCUT2D eigenvalue weighted by Crippen LogP contribution is -2.27. The quantitative estimate of drug-likeness (QED) is 0.831. The van der Waals surface area contributed by atoms with Gasteiger partial charge < -0.3 is 10.0 Å². The van der Waals surface area contributed by atoms with Gasteiger partial charge in [-0.3, -0.25) is 4.79 Å². The first kappa shape index (κ1) is 13.8. The molecule has 1 heterocycles. The highest BCUT2D eigenvalue weighted by atomic mass is 32.1. The number of aliphatic hydroxyl groups is 1. The molecule has 1 aromatic heterocycles. The molecule has 0 aliphatic rings. The van der Waals surface area contributed by atoms with Crippen molar-refractivity contribution in [2.45, 2.75) is 19.8 Å². The third-order valence-electron chi connectivity index (χ3n) is 2.36. The number of nitrogens with zero attached hydrogens (tertiary/aromatic N) is 1. The van der Waals surface area contributed by atoms with Crippen molar-refractivity contribution in [3.8, 4) is 11.8 Å². The number of hydrogen-bond donors (Lipinski definition) is 1. The van der Waals surface area contributed by atoms with Gasteiger partial charge in [0, 0.05) is 19.2 Å². The number of thiophene rings is 1. The van der Waals surface area contributed by atoms with Crippen molar-refractivity contribution in [1.29, 1.82) is 0 Å². The Labute approximate surface area is 106 Å². The van der Waals surface area contributed by atoms with Crippen LogP contribution in [-0.4, -0.2) is 36.1 Å². The molecular formula is C13H17NO2S. The number of aliphatic hydroxyl groups excluding tert-OH is 1. The van der Waals surface area contributed by atoms with Crippen LogP contribution in [-0.2, 0) is 0 Å². The third kappa shape index (κ3) is 3.88. The van der Waals surface area contributed by atoms with Gasteiger partial charge >= 0.3 is 0 Å². The Morgan fingerprint density at radius 3 is 3.00 bits per heavy atom. The lowest BCUT2D eigenvalue weighted by Gasteiger charge is -2.15. The molecule has 1 aromatic rings. The summed E-state index contributed by atoms with van der Waals surface area (Å²) in [6.07, 6.45) is 2.07. The Morgan fingerprint density at radius 2 is 2.35 bits per heavy atom. The van der Waals surface area contributed by atoms with Crippen molar-refractivity contribution >= 4 is 17.2 Å². The van der Waals surface area contributed by atoms with E-state index in [1.807, 2.05) is 11.4 Å². The van der Waals surface area contributed by atoms with Gasteiger partial charge in [0.1, 0.15) is 11.5 Å². The maximum Gasteiger partial charge on any atom is 0.264 e. The van der Waals surface area contributed by atoms with E-state index < -0.39 is 0 Å². The Kier molecular flexibility index (Phi) is 5.75. The summed E-state index contributed by atoms with van der Waals surface area (Å²) in [4.78, 5) is 14.5. The van der Waals surface area contributed by atoms with Crippen LogP contribution in [0.3, 0.4) is 0 Å². The minimum absolute atomic E-state index is 0.00990. The molecule has 3 nitrogen and oxygen atoms in total. The molecular weight excluding hydrogens is 234 g/mol. The average molecular weight is 251 g/mol. The first-order valence-electron chi connectivity index (χ1n) is 5.63. The summed E-state index contributed by atoms with van der Waals surface area (Å²) in [5, 5.41) is 10.5. The Hall–Kier alpha value is -1.31. The lowest BCUT2D eigenvalue weighted by molar-refractivity contribution is 0.0798. The summed E-state index contributed by atoms with van der Waals surface area (Å²) in [7, 11) is 1.81. The predicted molar refractivity (Wildman–Crippen MR) is 70.2 cm³/mol. The summed E-state index contributed by atoms with van der Waals surface area (Å²) in [6, 6.07) is 1.81. The molecule has 0 fully saturated rings. The van der Waals surface area contributed by atoms with Gasteiger partial charge in [-0.2, -0.15) is 0 Å². The number of rotatable bonds is 4. The summed E-state index contributed by atoms with van der Waals surface area (Å²) < 4.78 is 0. The number of carbonyl (C=O) groups excluding carboxylic acids is 1. The van der Waals surface area contributed by atoms with Gasteiger partial charge in [0.25, 0.3) is 5.91 Å². The van der Waals surface area contributed by atoms with Crippen LogP contribution in [0.4, 0.5) is 0 Å². The van der Waals surface area contributed by atoms with Crippen LogP contribution in [0.25, 0.3) is 0 Å². The van der Waals surface area contributed by atoms with Crippen LogP contribution < -0.4 is 0 Å². The zero-order valence-electron chi connectivity index (χ0n) is 10.2. The minimum Gasteiger partial charge on any atom is -0.384 e. The molecule has 0 saturated carbocycles. The van der Waals surface area contributed by atoms with Gasteiger partial charge in [0.2, 0.25) is 0 Å². The van der Waals surface area contributed by atoms with Crippen molar-refractivity contribution in [2.75, 3.05) is 20.2 Å². The number of carbonyl (C=O) groups is 1. The lowest BCUT2D eigenvalue weighted by atomic mass is 10.2. The van der Waals surface area contributed by atoms with E-state index in [4.69, 9.17) is 5.11 Å². The molecule has 1 rings (SSSR count). The highest BCUT2D eigenvalue weighted by Crippen LogP contribution is 2.17. The van der Waals surface area contributed by atoms with E-state index in [9.17, 15) is 4.79 Å². The molecule has 0 aromatic carbocycles. The standard InChI is InChI=1S/C13H17NO2S/c1-3-4-8-14(2)13(16)12-11(6-5-9-15)7-10-17-12/h7,10,15H,3-4,8-9H2,1-2H3. The fraction of sp³-hybridized carbons (Fsp3) is 0.462. The van der Waals surface area contributed by atoms with E-state index in [-0.39, 0.29) is 12.5 Å². The monoisotopic (exact) mass is 251 g/mol. The van der Waals surface area contributed by atoms with Crippen molar-refractivity contribution in [3.63, 3.8) is 0 Å². The molecule has 0 bridgehead atoms. The van der Waals surface area contributed by atoms with E-state index >= 15 is 0 Å². The molecule has 0 aliphatic carbocycles. The Morgan fingerprint density at radius 1 is 1.59 bits per heavy atom. The fourth-order valence-corrected chi connectivity index (χ4v) is 2.22. The number of amides is 1. The summed E-state index contributed by atoms with van der Waals surface area (Å²) >= 11 is 1.39. The number of hydrogen-bond acceptors (Lipinski definition) is 3. The van der Waals surface area contributed by atoms with E-state index in [0.717, 1.165) is 19.4 Å². The molecule has 17 heavy (non-hydrogen) atoms. The largest absolute Gasteiger partial charge is 0.384 e. The second-order valence-corrected chi connectivity index (χ2v) is 4.62. The first-order valence-corrected chi connectivity index (χ1v) is 6.51. The normalized spacial score (nSPS) is 9.59. The molecule has 0 radical (unpaired) electrons. The van der Waals surface area contributed by atoms with Gasteiger partial charge in [-0.1, -0.05) is 25.2 Å². The molecule has 92 valence electrons. The van der Waals surface area contributed by atoms with Crippen molar-refractivity contribution in [3.05, 3.63) is 21.9 Å². The SMILES string of the molecule is CCCCN(C)C(=O)c1sccc1C#CCO. The maximum atomic E-state index is 12.1. The molecule has 0 atom stereocenters. The van der Waals surface area contributed by atoms with Gasteiger partial charge in [-0.05, 0) is 17.9 Å². The molecule has 1 amide bonds. The van der Waals surface area contributed by atoms with Crippen LogP contribution in [0.1, 0.15) is 35.0 Å². The van der Waals surface area contributed by atoms with Crippen LogP contribution in [0, 0.1) is 11.8 Å². The number of unbranched alkanes of at least 4 members (excludes halogenated alkanes) is 1. The summed E-state index contributed by atoms with van der Waals surface area (Å²) in [5.74, 6) is 5.38. The topological polar surface area (TPSA) is 40.5 Å². The Bertz CT molecular complexity index is 428. The smallest absolute Gasteiger partial charge is 0.264 e. The zero-order valence-corrected chi connectivity index (χ0v) is 11.0. The second-order valence-electron chi connectivity index (χ2n) is 3.70. The molecule has 1 N–H and O–H groups in total. The summed E-state index contributed by atoms with van der Waals surface area (Å²) in [5.41, 5.74) is 0.706. The Balaban J connectivity index is 2.78. The summed E-state index contributed by atoms with van der Waals surface area (Å²) in [6.45, 7) is 2.68. The second kappa shape index (κ2) is 7.10. The molecule has 0 unspecified atom stereocenters. The van der Waals surface area contributed by atoms with Gasteiger partial charge in [0.05, 0.1) is 0 Å². The molecule has 0 spiro atoms. The molecule has 0 aliphatic heterocycles. The van der Waals surface area contributed by atoms with E-state index in [1.54, 1.807) is 11.9 Å². The van der Waals surface area contributed by atoms with Gasteiger partial charge in [-0.25, -0.2) is 0 Å². The van der Waals surface area contributed by atoms with E-state index in [2.05, 4.69) is 18.8 Å². The van der Waals surface area contributed by atoms with Crippen molar-refractivity contribution in [1.82, 2.24) is 4.90 Å². The predicted octanol–water partition coefficient (Wildman–Crippen LogP) is 1.96. The highest BCUT2D eigenvalue weighted by molar-refractivity contribution is 7.12. The van der Waals surface area contributed by atoms with Crippen LogP contribution >= 0.6 is 11.3 Å². The minimum atomic E-state index is -0.185. The maximum absolute atomic E-state index is 12.1. The zero-order chi connectivity index (χ0) is 12.7. The van der Waals surface area contributed by atoms with Crippen LogP contribution in [0.2, 0.25) is 0 Å². The third-order valence-corrected chi connectivity index (χ3v) is 3.26. The molecule has 4 heteroatoms. The average Bonchev–Trinajstić information content (AvgIpc) is 2.80. The van der Waals surface area contributed by atoms with Crippen molar-refractivity contribution in [2.24, 2.45) is 0 Å². The van der Waals surface area contributed by atoms with E-state index in [0.29, 0.717) is 10.4 Å².